The fraction of sp³-hybridized carbons (Fsp3) is 0.438. The SMILES string of the molecule is N#CC12CC(n3nc4n(c3=O)[C@H](c3cc(F)cc(F)c3)CS4)(C1)C2. The molecule has 2 bridgehead atoms. The molecule has 1 aromatic carbocycles. The highest BCUT2D eigenvalue weighted by molar-refractivity contribution is 7.99. The molecule has 1 atom stereocenters. The van der Waals surface area contributed by atoms with Crippen molar-refractivity contribution in [1.29, 1.82) is 5.26 Å². The van der Waals surface area contributed by atoms with Gasteiger partial charge in [-0.3, -0.25) is 4.57 Å². The molecule has 2 heterocycles. The summed E-state index contributed by atoms with van der Waals surface area (Å²) in [7, 11) is 0. The first-order valence-corrected chi connectivity index (χ1v) is 8.66. The van der Waals surface area contributed by atoms with Crippen LogP contribution in [0.4, 0.5) is 8.78 Å². The lowest BCUT2D eigenvalue weighted by Crippen LogP contribution is -2.69. The Hall–Kier alpha value is -2.14. The Bertz CT molecular complexity index is 949. The number of benzene rings is 1. The van der Waals surface area contributed by atoms with Crippen molar-refractivity contribution in [3.63, 3.8) is 0 Å². The van der Waals surface area contributed by atoms with E-state index in [1.165, 1.54) is 33.1 Å². The van der Waals surface area contributed by atoms with Crippen molar-refractivity contribution in [2.75, 3.05) is 5.75 Å². The van der Waals surface area contributed by atoms with Gasteiger partial charge in [0.25, 0.3) is 0 Å². The minimum absolute atomic E-state index is 0.254. The molecule has 2 aromatic rings. The third-order valence-electron chi connectivity index (χ3n) is 5.42. The quantitative estimate of drug-likeness (QED) is 0.838. The summed E-state index contributed by atoms with van der Waals surface area (Å²) in [5.41, 5.74) is -0.420. The molecule has 0 saturated heterocycles. The molecule has 0 N–H and O–H groups in total. The topological polar surface area (TPSA) is 63.6 Å². The molecular formula is C16H12F2N4OS. The lowest BCUT2D eigenvalue weighted by molar-refractivity contribution is -0.155. The van der Waals surface area contributed by atoms with Gasteiger partial charge in [-0.15, -0.1) is 5.10 Å². The van der Waals surface area contributed by atoms with Crippen LogP contribution >= 0.6 is 11.8 Å². The van der Waals surface area contributed by atoms with Gasteiger partial charge in [0, 0.05) is 11.8 Å². The van der Waals surface area contributed by atoms with Crippen LogP contribution in [0.25, 0.3) is 0 Å². The molecule has 3 saturated carbocycles. The summed E-state index contributed by atoms with van der Waals surface area (Å²) in [6.45, 7) is 0. The molecule has 5 nitrogen and oxygen atoms in total. The summed E-state index contributed by atoms with van der Waals surface area (Å²) in [5.74, 6) is -0.783. The Morgan fingerprint density at radius 3 is 2.54 bits per heavy atom. The average Bonchev–Trinajstić information content (AvgIpc) is 2.97. The first kappa shape index (κ1) is 14.2. The van der Waals surface area contributed by atoms with E-state index in [0.29, 0.717) is 35.7 Å². The summed E-state index contributed by atoms with van der Waals surface area (Å²) in [4.78, 5) is 12.9. The van der Waals surface area contributed by atoms with Gasteiger partial charge in [0.1, 0.15) is 11.6 Å². The molecule has 0 spiro atoms. The number of hydrogen-bond acceptors (Lipinski definition) is 4. The molecule has 0 amide bonds. The highest BCUT2D eigenvalue weighted by Gasteiger charge is 2.71. The van der Waals surface area contributed by atoms with Crippen LogP contribution in [0, 0.1) is 28.4 Å². The maximum atomic E-state index is 13.5. The molecule has 1 aliphatic heterocycles. The monoisotopic (exact) mass is 346 g/mol. The Morgan fingerprint density at radius 2 is 1.92 bits per heavy atom. The predicted octanol–water partition coefficient (Wildman–Crippen LogP) is 2.42. The zero-order valence-corrected chi connectivity index (χ0v) is 13.3. The number of thioether (sulfide) groups is 1. The number of fused-ring (bicyclic) bond motifs is 1. The lowest BCUT2D eigenvalue weighted by Gasteiger charge is -2.65. The minimum atomic E-state index is -0.653. The standard InChI is InChI=1S/C16H12F2N4OS/c17-10-1-9(2-11(18)3-10)12-4-24-13-20-22(14(23)21(12)13)16-5-15(6-16,7-16)8-19/h1-3,12H,4-7H2/t12-,15?,16?/m0/s1. The second-order valence-corrected chi connectivity index (χ2v) is 8.01. The Labute approximate surface area is 139 Å². The van der Waals surface area contributed by atoms with Gasteiger partial charge < -0.3 is 0 Å². The van der Waals surface area contributed by atoms with Crippen molar-refractivity contribution in [2.24, 2.45) is 5.41 Å². The van der Waals surface area contributed by atoms with E-state index in [-0.39, 0.29) is 16.6 Å². The van der Waals surface area contributed by atoms with Gasteiger partial charge in [-0.05, 0) is 37.0 Å². The third kappa shape index (κ3) is 1.63. The second kappa shape index (κ2) is 4.28. The smallest absolute Gasteiger partial charge is 0.261 e. The zero-order chi connectivity index (χ0) is 16.7. The Balaban J connectivity index is 1.56. The Kier molecular flexibility index (Phi) is 2.53. The van der Waals surface area contributed by atoms with E-state index in [9.17, 15) is 13.6 Å². The number of nitriles is 1. The van der Waals surface area contributed by atoms with Crippen LogP contribution in [0.15, 0.2) is 28.2 Å². The first-order chi connectivity index (χ1) is 11.5. The van der Waals surface area contributed by atoms with Gasteiger partial charge in [-0.1, -0.05) is 11.8 Å². The van der Waals surface area contributed by atoms with Crippen LogP contribution in [-0.4, -0.2) is 20.1 Å². The second-order valence-electron chi connectivity index (χ2n) is 7.02. The van der Waals surface area contributed by atoms with E-state index in [0.717, 1.165) is 6.07 Å². The molecule has 1 aromatic heterocycles. The normalized spacial score (nSPS) is 32.6. The maximum Gasteiger partial charge on any atom is 0.347 e. The molecular weight excluding hydrogens is 334 g/mol. The van der Waals surface area contributed by atoms with Crippen molar-refractivity contribution >= 4 is 11.8 Å². The fourth-order valence-corrected chi connectivity index (χ4v) is 5.49. The van der Waals surface area contributed by atoms with Crippen LogP contribution < -0.4 is 5.69 Å². The summed E-state index contributed by atoms with van der Waals surface area (Å²) in [6.07, 6.45) is 1.99. The van der Waals surface area contributed by atoms with Crippen LogP contribution in [0.5, 0.6) is 0 Å². The summed E-state index contributed by atoms with van der Waals surface area (Å²) < 4.78 is 30.1. The summed E-state index contributed by atoms with van der Waals surface area (Å²) >= 11 is 1.41. The molecule has 0 unspecified atom stereocenters. The van der Waals surface area contributed by atoms with Crippen molar-refractivity contribution in [3.05, 3.63) is 45.9 Å². The van der Waals surface area contributed by atoms with Gasteiger partial charge in [0.2, 0.25) is 0 Å². The average molecular weight is 346 g/mol. The van der Waals surface area contributed by atoms with E-state index in [1.54, 1.807) is 0 Å². The van der Waals surface area contributed by atoms with Crippen molar-refractivity contribution in [2.45, 2.75) is 36.0 Å². The molecule has 0 radical (unpaired) electrons. The van der Waals surface area contributed by atoms with Crippen molar-refractivity contribution < 1.29 is 8.78 Å². The largest absolute Gasteiger partial charge is 0.347 e. The number of hydrogen-bond donors (Lipinski definition) is 0. The zero-order valence-electron chi connectivity index (χ0n) is 12.5. The van der Waals surface area contributed by atoms with Gasteiger partial charge in [-0.2, -0.15) is 5.26 Å². The number of rotatable bonds is 2. The molecule has 24 heavy (non-hydrogen) atoms. The van der Waals surface area contributed by atoms with E-state index in [4.69, 9.17) is 5.26 Å². The fourth-order valence-electron chi connectivity index (χ4n) is 4.35. The van der Waals surface area contributed by atoms with Gasteiger partial charge >= 0.3 is 5.69 Å². The summed E-state index contributed by atoms with van der Waals surface area (Å²) in [5, 5.41) is 14.2. The number of aromatic nitrogens is 3. The van der Waals surface area contributed by atoms with Crippen LogP contribution in [0.3, 0.4) is 0 Å². The maximum absolute atomic E-state index is 13.5. The molecule has 3 fully saturated rings. The highest BCUT2D eigenvalue weighted by atomic mass is 32.2. The third-order valence-corrected chi connectivity index (χ3v) is 6.44. The number of nitrogens with zero attached hydrogens (tertiary/aromatic N) is 4. The lowest BCUT2D eigenvalue weighted by atomic mass is 9.40. The van der Waals surface area contributed by atoms with E-state index >= 15 is 0 Å². The van der Waals surface area contributed by atoms with E-state index in [1.807, 2.05) is 0 Å². The van der Waals surface area contributed by atoms with Crippen LogP contribution in [0.2, 0.25) is 0 Å². The van der Waals surface area contributed by atoms with Gasteiger partial charge in [0.15, 0.2) is 5.16 Å². The summed E-state index contributed by atoms with van der Waals surface area (Å²) in [6, 6.07) is 5.24. The Morgan fingerprint density at radius 1 is 1.25 bits per heavy atom. The van der Waals surface area contributed by atoms with Crippen molar-refractivity contribution in [1.82, 2.24) is 14.3 Å². The molecule has 3 aliphatic carbocycles. The highest BCUT2D eigenvalue weighted by Crippen LogP contribution is 2.70. The van der Waals surface area contributed by atoms with Gasteiger partial charge in [-0.25, -0.2) is 18.3 Å². The number of halogens is 2. The molecule has 8 heteroatoms. The van der Waals surface area contributed by atoms with E-state index in [2.05, 4.69) is 11.2 Å². The van der Waals surface area contributed by atoms with Gasteiger partial charge in [0.05, 0.1) is 23.1 Å². The molecule has 122 valence electrons. The first-order valence-electron chi connectivity index (χ1n) is 7.68. The van der Waals surface area contributed by atoms with E-state index < -0.39 is 17.7 Å². The van der Waals surface area contributed by atoms with Crippen LogP contribution in [0.1, 0.15) is 30.9 Å². The molecule has 4 aliphatic rings. The molecule has 6 rings (SSSR count). The predicted molar refractivity (Wildman–Crippen MR) is 81.6 cm³/mol. The minimum Gasteiger partial charge on any atom is -0.261 e. The van der Waals surface area contributed by atoms with Crippen molar-refractivity contribution in [3.8, 4) is 6.07 Å². The van der Waals surface area contributed by atoms with Crippen LogP contribution in [-0.2, 0) is 5.54 Å².